The number of benzene rings is 1. The lowest BCUT2D eigenvalue weighted by Gasteiger charge is -2.17. The van der Waals surface area contributed by atoms with Crippen LogP contribution in [-0.4, -0.2) is 17.6 Å². The van der Waals surface area contributed by atoms with E-state index in [4.69, 9.17) is 5.11 Å². The molecule has 0 saturated carbocycles. The van der Waals surface area contributed by atoms with Gasteiger partial charge in [-0.15, -0.1) is 0 Å². The molecule has 172 valence electrons. The van der Waals surface area contributed by atoms with Crippen LogP contribution < -0.4 is 5.32 Å². The summed E-state index contributed by atoms with van der Waals surface area (Å²) in [6.45, 7) is 11.9. The molecule has 0 aromatic heterocycles. The van der Waals surface area contributed by atoms with Crippen molar-refractivity contribution in [2.24, 2.45) is 5.41 Å². The molecular weight excluding hydrogens is 370 g/mol. The van der Waals surface area contributed by atoms with Gasteiger partial charge in [0.15, 0.2) is 0 Å². The number of nitrogens with one attached hydrogen (secondary N) is 1. The number of carboxylic acid groups (broad SMARTS) is 1. The van der Waals surface area contributed by atoms with Crippen LogP contribution in [0.25, 0.3) is 0 Å². The van der Waals surface area contributed by atoms with Crippen molar-refractivity contribution in [3.8, 4) is 0 Å². The third kappa shape index (κ3) is 12.2. The van der Waals surface area contributed by atoms with Gasteiger partial charge in [-0.1, -0.05) is 91.4 Å². The minimum atomic E-state index is -0.858. The molecule has 0 heterocycles. The molecule has 0 radical (unpaired) electrons. The van der Waals surface area contributed by atoms with Gasteiger partial charge < -0.3 is 10.4 Å². The highest BCUT2D eigenvalue weighted by Gasteiger charge is 2.09. The van der Waals surface area contributed by atoms with Crippen molar-refractivity contribution in [2.45, 2.75) is 118 Å². The van der Waals surface area contributed by atoms with E-state index >= 15 is 0 Å². The number of carbonyl (C=O) groups is 1. The molecule has 0 aliphatic carbocycles. The lowest BCUT2D eigenvalue weighted by molar-refractivity contribution is 0.0696. The number of carboxylic acids is 1. The van der Waals surface area contributed by atoms with Crippen LogP contribution in [-0.2, 0) is 0 Å². The molecule has 0 atom stereocenters. The van der Waals surface area contributed by atoms with Crippen molar-refractivity contribution in [3.63, 3.8) is 0 Å². The fourth-order valence-electron chi connectivity index (χ4n) is 4.13. The Labute approximate surface area is 186 Å². The van der Waals surface area contributed by atoms with E-state index in [1.54, 1.807) is 12.1 Å². The molecular formula is C27H47NO2. The molecule has 3 nitrogen and oxygen atoms in total. The molecule has 30 heavy (non-hydrogen) atoms. The Hall–Kier alpha value is -1.51. The van der Waals surface area contributed by atoms with Crippen molar-refractivity contribution < 1.29 is 9.90 Å². The van der Waals surface area contributed by atoms with Crippen LogP contribution in [0, 0.1) is 19.3 Å². The Morgan fingerprint density at radius 1 is 0.767 bits per heavy atom. The number of anilines is 1. The molecule has 0 aliphatic rings. The van der Waals surface area contributed by atoms with E-state index < -0.39 is 5.97 Å². The summed E-state index contributed by atoms with van der Waals surface area (Å²) < 4.78 is 0. The summed E-state index contributed by atoms with van der Waals surface area (Å²) in [7, 11) is 0. The number of hydrogen-bond donors (Lipinski definition) is 2. The highest BCUT2D eigenvalue weighted by Crippen LogP contribution is 2.23. The average molecular weight is 418 g/mol. The standard InChI is InChI=1S/C27H47NO2/c1-22-20-24(26(29)30)21-23(2)25(22)28-19-17-15-13-11-9-7-6-8-10-12-14-16-18-27(3,4)5/h20-21,28H,6-19H2,1-5H3,(H,29,30). The lowest BCUT2D eigenvalue weighted by Crippen LogP contribution is -2.07. The molecule has 0 unspecified atom stereocenters. The minimum Gasteiger partial charge on any atom is -0.478 e. The number of aryl methyl sites for hydroxylation is 2. The zero-order valence-electron chi connectivity index (χ0n) is 20.4. The predicted molar refractivity (Wildman–Crippen MR) is 131 cm³/mol. The van der Waals surface area contributed by atoms with Gasteiger partial charge >= 0.3 is 5.97 Å². The third-order valence-electron chi connectivity index (χ3n) is 5.93. The summed E-state index contributed by atoms with van der Waals surface area (Å²) in [6.07, 6.45) is 17.7. The topological polar surface area (TPSA) is 49.3 Å². The number of hydrogen-bond acceptors (Lipinski definition) is 2. The molecule has 3 heteroatoms. The Balaban J connectivity index is 1.95. The summed E-state index contributed by atoms with van der Waals surface area (Å²) in [5.74, 6) is -0.858. The molecule has 0 fully saturated rings. The maximum Gasteiger partial charge on any atom is 0.335 e. The van der Waals surface area contributed by atoms with Crippen LogP contribution in [0.3, 0.4) is 0 Å². The molecule has 0 aliphatic heterocycles. The quantitative estimate of drug-likeness (QED) is 0.265. The summed E-state index contributed by atoms with van der Waals surface area (Å²) in [4.78, 5) is 11.1. The van der Waals surface area contributed by atoms with Crippen molar-refractivity contribution >= 4 is 11.7 Å². The molecule has 0 bridgehead atoms. The van der Waals surface area contributed by atoms with Crippen LogP contribution in [0.4, 0.5) is 5.69 Å². The van der Waals surface area contributed by atoms with Gasteiger partial charge in [0.05, 0.1) is 5.56 Å². The second kappa shape index (κ2) is 14.5. The minimum absolute atomic E-state index is 0.371. The summed E-state index contributed by atoms with van der Waals surface area (Å²) >= 11 is 0. The fourth-order valence-corrected chi connectivity index (χ4v) is 4.13. The average Bonchev–Trinajstić information content (AvgIpc) is 2.65. The number of aromatic carboxylic acids is 1. The predicted octanol–water partition coefficient (Wildman–Crippen LogP) is 8.53. The van der Waals surface area contributed by atoms with E-state index in [-0.39, 0.29) is 0 Å². The van der Waals surface area contributed by atoms with Gasteiger partial charge in [-0.2, -0.15) is 0 Å². The first kappa shape index (κ1) is 26.5. The van der Waals surface area contributed by atoms with Gasteiger partial charge in [0.25, 0.3) is 0 Å². The van der Waals surface area contributed by atoms with Crippen LogP contribution in [0.1, 0.15) is 126 Å². The Morgan fingerprint density at radius 2 is 1.17 bits per heavy atom. The van der Waals surface area contributed by atoms with Gasteiger partial charge in [-0.05, 0) is 55.4 Å². The lowest BCUT2D eigenvalue weighted by atomic mass is 9.89. The number of rotatable bonds is 16. The molecule has 1 aromatic carbocycles. The first-order chi connectivity index (χ1) is 14.2. The van der Waals surface area contributed by atoms with E-state index in [1.807, 2.05) is 13.8 Å². The molecule has 0 saturated heterocycles. The van der Waals surface area contributed by atoms with E-state index in [0.717, 1.165) is 23.4 Å². The number of unbranched alkanes of at least 4 members (excludes halogenated alkanes) is 11. The highest BCUT2D eigenvalue weighted by molar-refractivity contribution is 5.89. The van der Waals surface area contributed by atoms with Crippen molar-refractivity contribution in [2.75, 3.05) is 11.9 Å². The monoisotopic (exact) mass is 417 g/mol. The van der Waals surface area contributed by atoms with E-state index in [0.29, 0.717) is 11.0 Å². The molecule has 1 aromatic rings. The van der Waals surface area contributed by atoms with Crippen molar-refractivity contribution in [1.82, 2.24) is 0 Å². The Bertz CT molecular complexity index is 593. The first-order valence-electron chi connectivity index (χ1n) is 12.3. The first-order valence-corrected chi connectivity index (χ1v) is 12.3. The maximum absolute atomic E-state index is 11.1. The van der Waals surface area contributed by atoms with E-state index in [1.165, 1.54) is 83.5 Å². The summed E-state index contributed by atoms with van der Waals surface area (Å²) in [5.41, 5.74) is 4.00. The maximum atomic E-state index is 11.1. The van der Waals surface area contributed by atoms with Gasteiger partial charge in [-0.3, -0.25) is 0 Å². The highest BCUT2D eigenvalue weighted by atomic mass is 16.4. The second-order valence-electron chi connectivity index (χ2n) is 10.3. The molecule has 0 spiro atoms. The second-order valence-corrected chi connectivity index (χ2v) is 10.3. The van der Waals surface area contributed by atoms with Crippen molar-refractivity contribution in [1.29, 1.82) is 0 Å². The third-order valence-corrected chi connectivity index (χ3v) is 5.93. The fraction of sp³-hybridized carbons (Fsp3) is 0.741. The largest absolute Gasteiger partial charge is 0.478 e. The summed E-state index contributed by atoms with van der Waals surface area (Å²) in [5, 5.41) is 12.6. The van der Waals surface area contributed by atoms with Gasteiger partial charge in [0.2, 0.25) is 0 Å². The Kier molecular flexibility index (Phi) is 12.8. The van der Waals surface area contributed by atoms with Gasteiger partial charge in [0, 0.05) is 12.2 Å². The van der Waals surface area contributed by atoms with Crippen LogP contribution >= 0.6 is 0 Å². The molecule has 1 rings (SSSR count). The van der Waals surface area contributed by atoms with Gasteiger partial charge in [-0.25, -0.2) is 4.79 Å². The van der Waals surface area contributed by atoms with E-state index in [2.05, 4.69) is 26.1 Å². The zero-order chi connectivity index (χ0) is 22.4. The van der Waals surface area contributed by atoms with Crippen LogP contribution in [0.5, 0.6) is 0 Å². The summed E-state index contributed by atoms with van der Waals surface area (Å²) in [6, 6.07) is 3.51. The van der Waals surface area contributed by atoms with Crippen LogP contribution in [0.2, 0.25) is 0 Å². The smallest absolute Gasteiger partial charge is 0.335 e. The zero-order valence-corrected chi connectivity index (χ0v) is 20.4. The SMILES string of the molecule is Cc1cc(C(=O)O)cc(C)c1NCCCCCCCCCCCCCCC(C)(C)C. The molecule has 2 N–H and O–H groups in total. The van der Waals surface area contributed by atoms with E-state index in [9.17, 15) is 4.79 Å². The van der Waals surface area contributed by atoms with Gasteiger partial charge in [0.1, 0.15) is 0 Å². The molecule has 0 amide bonds. The van der Waals surface area contributed by atoms with Crippen molar-refractivity contribution in [3.05, 3.63) is 28.8 Å². The normalized spacial score (nSPS) is 11.6. The Morgan fingerprint density at radius 3 is 1.57 bits per heavy atom. The van der Waals surface area contributed by atoms with Crippen LogP contribution in [0.15, 0.2) is 12.1 Å².